The van der Waals surface area contributed by atoms with Crippen LogP contribution in [0.5, 0.6) is 0 Å². The zero-order chi connectivity index (χ0) is 19.5. The van der Waals surface area contributed by atoms with E-state index in [1.165, 1.54) is 0 Å². The van der Waals surface area contributed by atoms with Crippen LogP contribution in [-0.4, -0.2) is 23.3 Å². The molecule has 0 radical (unpaired) electrons. The normalized spacial score (nSPS) is 13.1. The van der Waals surface area contributed by atoms with E-state index in [1.807, 2.05) is 72.5 Å². The monoisotopic (exact) mass is 374 g/mol. The van der Waals surface area contributed by atoms with Gasteiger partial charge in [0.2, 0.25) is 5.91 Å². The highest BCUT2D eigenvalue weighted by molar-refractivity contribution is 5.94. The highest BCUT2D eigenvalue weighted by Gasteiger charge is 2.25. The zero-order valence-corrected chi connectivity index (χ0v) is 15.8. The van der Waals surface area contributed by atoms with Gasteiger partial charge in [-0.3, -0.25) is 9.59 Å². The number of nitrogens with one attached hydrogen (secondary N) is 1. The van der Waals surface area contributed by atoms with Crippen molar-refractivity contribution in [1.29, 1.82) is 0 Å². The Hall–Kier alpha value is -3.34. The summed E-state index contributed by atoms with van der Waals surface area (Å²) in [7, 11) is 0. The molecule has 0 saturated carbocycles. The molecule has 28 heavy (non-hydrogen) atoms. The van der Waals surface area contributed by atoms with Gasteiger partial charge in [-0.05, 0) is 30.3 Å². The lowest BCUT2D eigenvalue weighted by molar-refractivity contribution is -0.115. The van der Waals surface area contributed by atoms with Crippen molar-refractivity contribution in [2.24, 2.45) is 0 Å². The molecular weight excluding hydrogens is 352 g/mol. The minimum atomic E-state index is -0.0223. The predicted octanol–water partition coefficient (Wildman–Crippen LogP) is 4.49. The third-order valence-corrected chi connectivity index (χ3v) is 4.93. The van der Waals surface area contributed by atoms with Crippen molar-refractivity contribution < 1.29 is 14.0 Å². The SMILES string of the molecule is CCC(=O)Nc1cccc(-c2cc3c(o2)CCN(C(=O)c2ccccc2)C3)c1. The summed E-state index contributed by atoms with van der Waals surface area (Å²) in [6.07, 6.45) is 1.13. The van der Waals surface area contributed by atoms with Gasteiger partial charge in [0.1, 0.15) is 11.5 Å². The summed E-state index contributed by atoms with van der Waals surface area (Å²) in [4.78, 5) is 26.2. The Morgan fingerprint density at radius 1 is 1.07 bits per heavy atom. The standard InChI is InChI=1S/C23H22N2O3/c1-2-22(26)24-19-10-6-9-17(13-19)21-14-18-15-25(12-11-20(18)28-21)23(27)16-7-4-3-5-8-16/h3-10,13-14H,2,11-12,15H2,1H3,(H,24,26). The summed E-state index contributed by atoms with van der Waals surface area (Å²) in [6, 6.07) is 19.0. The Labute approximate surface area is 164 Å². The van der Waals surface area contributed by atoms with E-state index in [-0.39, 0.29) is 11.8 Å². The lowest BCUT2D eigenvalue weighted by atomic mass is 10.1. The number of benzene rings is 2. The molecule has 4 rings (SSSR count). The first-order valence-corrected chi connectivity index (χ1v) is 9.50. The van der Waals surface area contributed by atoms with Crippen LogP contribution in [0.4, 0.5) is 5.69 Å². The third kappa shape index (κ3) is 3.69. The summed E-state index contributed by atoms with van der Waals surface area (Å²) in [5.74, 6) is 1.70. The van der Waals surface area contributed by atoms with E-state index in [2.05, 4.69) is 5.32 Å². The molecular formula is C23H22N2O3. The number of rotatable bonds is 4. The number of nitrogens with zero attached hydrogens (tertiary/aromatic N) is 1. The number of carbonyl (C=O) groups excluding carboxylic acids is 2. The molecule has 3 aromatic rings. The van der Waals surface area contributed by atoms with E-state index >= 15 is 0 Å². The maximum Gasteiger partial charge on any atom is 0.254 e. The minimum Gasteiger partial charge on any atom is -0.461 e. The van der Waals surface area contributed by atoms with Gasteiger partial charge in [-0.1, -0.05) is 37.3 Å². The molecule has 5 heteroatoms. The zero-order valence-electron chi connectivity index (χ0n) is 15.8. The number of hydrogen-bond acceptors (Lipinski definition) is 3. The number of furan rings is 1. The van der Waals surface area contributed by atoms with Gasteiger partial charge in [-0.2, -0.15) is 0 Å². The first-order chi connectivity index (χ1) is 13.6. The van der Waals surface area contributed by atoms with Crippen LogP contribution >= 0.6 is 0 Å². The van der Waals surface area contributed by atoms with Crippen LogP contribution < -0.4 is 5.32 Å². The van der Waals surface area contributed by atoms with Crippen LogP contribution in [-0.2, 0) is 17.8 Å². The molecule has 0 spiro atoms. The van der Waals surface area contributed by atoms with Crippen molar-refractivity contribution in [2.45, 2.75) is 26.3 Å². The number of fused-ring (bicyclic) bond motifs is 1. The van der Waals surface area contributed by atoms with Gasteiger partial charge in [0.05, 0.1) is 0 Å². The average molecular weight is 374 g/mol. The molecule has 5 nitrogen and oxygen atoms in total. The van der Waals surface area contributed by atoms with Crippen LogP contribution in [0, 0.1) is 0 Å². The van der Waals surface area contributed by atoms with Crippen molar-refractivity contribution in [2.75, 3.05) is 11.9 Å². The number of hydrogen-bond donors (Lipinski definition) is 1. The molecule has 0 bridgehead atoms. The van der Waals surface area contributed by atoms with Gasteiger partial charge < -0.3 is 14.6 Å². The van der Waals surface area contributed by atoms with Gasteiger partial charge in [-0.25, -0.2) is 0 Å². The largest absolute Gasteiger partial charge is 0.461 e. The van der Waals surface area contributed by atoms with Gasteiger partial charge in [0.15, 0.2) is 0 Å². The van der Waals surface area contributed by atoms with Crippen molar-refractivity contribution in [3.63, 3.8) is 0 Å². The quantitative estimate of drug-likeness (QED) is 0.732. The van der Waals surface area contributed by atoms with E-state index in [1.54, 1.807) is 0 Å². The summed E-state index contributed by atoms with van der Waals surface area (Å²) in [6.45, 7) is 3.00. The Balaban J connectivity index is 1.54. The van der Waals surface area contributed by atoms with Crippen LogP contribution in [0.2, 0.25) is 0 Å². The third-order valence-electron chi connectivity index (χ3n) is 4.93. The van der Waals surface area contributed by atoms with Gasteiger partial charge in [0.25, 0.3) is 5.91 Å². The molecule has 2 amide bonds. The van der Waals surface area contributed by atoms with Crippen molar-refractivity contribution in [3.8, 4) is 11.3 Å². The summed E-state index contributed by atoms with van der Waals surface area (Å²) in [5.41, 5.74) is 3.39. The van der Waals surface area contributed by atoms with Crippen LogP contribution in [0.3, 0.4) is 0 Å². The molecule has 2 aromatic carbocycles. The minimum absolute atomic E-state index is 0.0223. The molecule has 1 aliphatic heterocycles. The molecule has 0 fully saturated rings. The van der Waals surface area contributed by atoms with Gasteiger partial charge in [-0.15, -0.1) is 0 Å². The number of anilines is 1. The van der Waals surface area contributed by atoms with Crippen LogP contribution in [0.15, 0.2) is 65.1 Å². The molecule has 1 N–H and O–H groups in total. The molecule has 0 atom stereocenters. The maximum atomic E-state index is 12.7. The second-order valence-electron chi connectivity index (χ2n) is 6.88. The molecule has 0 aliphatic carbocycles. The van der Waals surface area contributed by atoms with E-state index in [4.69, 9.17) is 4.42 Å². The highest BCUT2D eigenvalue weighted by Crippen LogP contribution is 2.31. The Morgan fingerprint density at radius 3 is 2.68 bits per heavy atom. The lowest BCUT2D eigenvalue weighted by Crippen LogP contribution is -2.35. The second-order valence-corrected chi connectivity index (χ2v) is 6.88. The smallest absolute Gasteiger partial charge is 0.254 e. The fourth-order valence-electron chi connectivity index (χ4n) is 3.41. The Morgan fingerprint density at radius 2 is 1.89 bits per heavy atom. The van der Waals surface area contributed by atoms with E-state index in [0.29, 0.717) is 31.5 Å². The molecule has 2 heterocycles. The van der Waals surface area contributed by atoms with Gasteiger partial charge >= 0.3 is 0 Å². The second kappa shape index (κ2) is 7.72. The van der Waals surface area contributed by atoms with Crippen LogP contribution in [0.1, 0.15) is 35.0 Å². The molecule has 0 unspecified atom stereocenters. The summed E-state index contributed by atoms with van der Waals surface area (Å²) in [5, 5.41) is 2.87. The number of carbonyl (C=O) groups is 2. The molecule has 1 aromatic heterocycles. The molecule has 0 saturated heterocycles. The summed E-state index contributed by atoms with van der Waals surface area (Å²) < 4.78 is 6.06. The maximum absolute atomic E-state index is 12.7. The topological polar surface area (TPSA) is 62.6 Å². The molecule has 1 aliphatic rings. The van der Waals surface area contributed by atoms with Crippen molar-refractivity contribution >= 4 is 17.5 Å². The van der Waals surface area contributed by atoms with E-state index in [0.717, 1.165) is 28.3 Å². The van der Waals surface area contributed by atoms with Gasteiger partial charge in [0, 0.05) is 48.3 Å². The van der Waals surface area contributed by atoms with Crippen LogP contribution in [0.25, 0.3) is 11.3 Å². The Bertz CT molecular complexity index is 1010. The fourth-order valence-corrected chi connectivity index (χ4v) is 3.41. The summed E-state index contributed by atoms with van der Waals surface area (Å²) >= 11 is 0. The lowest BCUT2D eigenvalue weighted by Gasteiger charge is -2.26. The van der Waals surface area contributed by atoms with E-state index < -0.39 is 0 Å². The average Bonchev–Trinajstić information content (AvgIpc) is 3.17. The first kappa shape index (κ1) is 18.0. The Kier molecular flexibility index (Phi) is 4.98. The van der Waals surface area contributed by atoms with Crippen molar-refractivity contribution in [3.05, 3.63) is 77.6 Å². The van der Waals surface area contributed by atoms with Crippen molar-refractivity contribution in [1.82, 2.24) is 4.90 Å². The molecule has 142 valence electrons. The first-order valence-electron chi connectivity index (χ1n) is 9.50. The fraction of sp³-hybridized carbons (Fsp3) is 0.217. The number of amides is 2. The highest BCUT2D eigenvalue weighted by atomic mass is 16.3. The van der Waals surface area contributed by atoms with E-state index in [9.17, 15) is 9.59 Å². The predicted molar refractivity (Wildman–Crippen MR) is 108 cm³/mol.